The Balaban J connectivity index is 0.000000196. The standard InChI is InChI=1S/C33H45N5O2.C21H29N5O/c1-24-9-10-27(21-25(24)2)23-36-15-13-30(14-16-36)35-32(39)31-12-11-29(22-34-31)26(3)37-17-19-38(20-18-37)33(40)28-7-5-4-6-8-28;27-21(26-10-8-22-9-11-26)20-7-6-18(16-23-20)17-24-12-14-25(15-13-24)19-4-2-1-3-5-19/h9-12,21-22,28,30H,3-8,13-20,23H2,1-2H3,(H,35,39);2,4-7,16,22H,1,3,8-15,17H2. The number of piperazine rings is 3. The zero-order valence-corrected chi connectivity index (χ0v) is 40.3. The summed E-state index contributed by atoms with van der Waals surface area (Å²) in [7, 11) is 0. The van der Waals surface area contributed by atoms with Crippen LogP contribution in [0.5, 0.6) is 0 Å². The second-order valence-corrected chi connectivity index (χ2v) is 19.4. The molecule has 3 aromatic rings. The van der Waals surface area contributed by atoms with Crippen molar-refractivity contribution in [3.8, 4) is 0 Å². The van der Waals surface area contributed by atoms with E-state index in [1.165, 1.54) is 53.6 Å². The normalized spacial score (nSPS) is 20.2. The van der Waals surface area contributed by atoms with Gasteiger partial charge in [-0.2, -0.15) is 0 Å². The van der Waals surface area contributed by atoms with Gasteiger partial charge in [0.15, 0.2) is 0 Å². The number of hydrogen-bond acceptors (Lipinski definition) is 10. The molecule has 5 fully saturated rings. The van der Waals surface area contributed by atoms with Crippen LogP contribution in [0.1, 0.15) is 107 Å². The van der Waals surface area contributed by atoms with Crippen LogP contribution in [0, 0.1) is 19.8 Å². The third kappa shape index (κ3) is 13.2. The predicted molar refractivity (Wildman–Crippen MR) is 266 cm³/mol. The van der Waals surface area contributed by atoms with Crippen LogP contribution >= 0.6 is 0 Å². The van der Waals surface area contributed by atoms with Crippen molar-refractivity contribution in [2.75, 3.05) is 91.6 Å². The van der Waals surface area contributed by atoms with Gasteiger partial charge in [-0.1, -0.05) is 62.3 Å². The van der Waals surface area contributed by atoms with Crippen molar-refractivity contribution in [2.24, 2.45) is 5.92 Å². The smallest absolute Gasteiger partial charge is 0.272 e. The lowest BCUT2D eigenvalue weighted by Crippen LogP contribution is -2.49. The van der Waals surface area contributed by atoms with E-state index < -0.39 is 0 Å². The van der Waals surface area contributed by atoms with Crippen LogP contribution in [0.15, 0.2) is 85.4 Å². The second-order valence-electron chi connectivity index (χ2n) is 19.4. The van der Waals surface area contributed by atoms with E-state index in [0.717, 1.165) is 148 Å². The van der Waals surface area contributed by atoms with E-state index in [-0.39, 0.29) is 23.8 Å². The van der Waals surface area contributed by atoms with Crippen LogP contribution in [0.25, 0.3) is 5.70 Å². The number of carbonyl (C=O) groups excluding carboxylic acids is 3. The monoisotopic (exact) mass is 911 g/mol. The molecule has 1 aromatic carbocycles. The molecule has 2 aromatic heterocycles. The van der Waals surface area contributed by atoms with Gasteiger partial charge in [0.1, 0.15) is 11.4 Å². The Hall–Kier alpha value is -5.37. The highest BCUT2D eigenvalue weighted by Crippen LogP contribution is 2.27. The molecular formula is C54H74N10O3. The van der Waals surface area contributed by atoms with Gasteiger partial charge in [0, 0.05) is 146 Å². The number of likely N-dealkylation sites (tertiary alicyclic amines) is 1. The molecule has 13 heteroatoms. The number of nitrogens with one attached hydrogen (secondary N) is 2. The molecule has 3 amide bonds. The molecule has 9 rings (SSSR count). The third-order valence-electron chi connectivity index (χ3n) is 14.7. The highest BCUT2D eigenvalue weighted by Gasteiger charge is 2.29. The molecule has 4 aliphatic heterocycles. The lowest BCUT2D eigenvalue weighted by atomic mass is 9.88. The maximum absolute atomic E-state index is 12.9. The maximum Gasteiger partial charge on any atom is 0.272 e. The summed E-state index contributed by atoms with van der Waals surface area (Å²) >= 11 is 0. The average molecular weight is 911 g/mol. The summed E-state index contributed by atoms with van der Waals surface area (Å²) in [4.78, 5) is 60.8. The molecule has 6 heterocycles. The van der Waals surface area contributed by atoms with E-state index in [4.69, 9.17) is 0 Å². The van der Waals surface area contributed by atoms with E-state index in [1.54, 1.807) is 12.3 Å². The minimum Gasteiger partial charge on any atom is -0.369 e. The van der Waals surface area contributed by atoms with Crippen molar-refractivity contribution in [1.82, 2.24) is 50.0 Å². The summed E-state index contributed by atoms with van der Waals surface area (Å²) in [6.07, 6.45) is 20.5. The molecule has 0 spiro atoms. The Kier molecular flexibility index (Phi) is 16.9. The van der Waals surface area contributed by atoms with E-state index in [1.807, 2.05) is 28.1 Å². The number of aryl methyl sites for hydroxylation is 2. The largest absolute Gasteiger partial charge is 0.369 e. The first-order valence-corrected chi connectivity index (χ1v) is 25.2. The molecule has 2 N–H and O–H groups in total. The van der Waals surface area contributed by atoms with Gasteiger partial charge in [0.05, 0.1) is 0 Å². The lowest BCUT2D eigenvalue weighted by molar-refractivity contribution is -0.137. The Morgan fingerprint density at radius 3 is 2.00 bits per heavy atom. The number of piperidine rings is 1. The molecule has 4 saturated heterocycles. The van der Waals surface area contributed by atoms with Gasteiger partial charge in [-0.3, -0.25) is 34.2 Å². The number of hydrogen-bond donors (Lipinski definition) is 2. The van der Waals surface area contributed by atoms with Crippen molar-refractivity contribution >= 4 is 23.4 Å². The van der Waals surface area contributed by atoms with E-state index in [0.29, 0.717) is 17.3 Å². The number of rotatable bonds is 11. The number of pyridine rings is 2. The van der Waals surface area contributed by atoms with Gasteiger partial charge < -0.3 is 30.2 Å². The zero-order chi connectivity index (χ0) is 46.5. The topological polar surface area (TPSA) is 120 Å². The fourth-order valence-corrected chi connectivity index (χ4v) is 10.3. The molecule has 0 radical (unpaired) electrons. The summed E-state index contributed by atoms with van der Waals surface area (Å²) in [5.74, 6) is 0.501. The Morgan fingerprint density at radius 2 is 1.34 bits per heavy atom. The highest BCUT2D eigenvalue weighted by atomic mass is 16.2. The summed E-state index contributed by atoms with van der Waals surface area (Å²) < 4.78 is 0. The lowest BCUT2D eigenvalue weighted by Gasteiger charge is -2.39. The molecule has 6 aliphatic rings. The molecule has 2 aliphatic carbocycles. The summed E-state index contributed by atoms with van der Waals surface area (Å²) in [6.45, 7) is 23.0. The zero-order valence-electron chi connectivity index (χ0n) is 40.3. The first-order chi connectivity index (χ1) is 32.7. The first kappa shape index (κ1) is 48.1. The van der Waals surface area contributed by atoms with Crippen molar-refractivity contribution < 1.29 is 14.4 Å². The van der Waals surface area contributed by atoms with Crippen LogP contribution in [-0.2, 0) is 17.9 Å². The number of carbonyl (C=O) groups is 3. The minimum absolute atomic E-state index is 0.0467. The molecule has 0 unspecified atom stereocenters. The van der Waals surface area contributed by atoms with Crippen LogP contribution in [0.3, 0.4) is 0 Å². The Morgan fingerprint density at radius 1 is 0.672 bits per heavy atom. The molecule has 0 bridgehead atoms. The van der Waals surface area contributed by atoms with E-state index >= 15 is 0 Å². The average Bonchev–Trinajstić information content (AvgIpc) is 3.39. The minimum atomic E-state index is -0.111. The van der Waals surface area contributed by atoms with Gasteiger partial charge in [-0.25, -0.2) is 0 Å². The summed E-state index contributed by atoms with van der Waals surface area (Å²) in [5.41, 5.74) is 9.41. The summed E-state index contributed by atoms with van der Waals surface area (Å²) in [5, 5.41) is 6.46. The van der Waals surface area contributed by atoms with Crippen molar-refractivity contribution in [1.29, 1.82) is 0 Å². The number of allylic oxidation sites excluding steroid dienone is 3. The second kappa shape index (κ2) is 23.6. The van der Waals surface area contributed by atoms with Gasteiger partial charge in [-0.05, 0) is 98.9 Å². The van der Waals surface area contributed by atoms with Crippen molar-refractivity contribution in [3.63, 3.8) is 0 Å². The van der Waals surface area contributed by atoms with Gasteiger partial charge in [-0.15, -0.1) is 0 Å². The Labute approximate surface area is 399 Å². The van der Waals surface area contributed by atoms with E-state index in [9.17, 15) is 14.4 Å². The first-order valence-electron chi connectivity index (χ1n) is 25.2. The molecular weight excluding hydrogens is 837 g/mol. The third-order valence-corrected chi connectivity index (χ3v) is 14.7. The Bertz CT molecular complexity index is 2190. The maximum atomic E-state index is 12.9. The predicted octanol–water partition coefficient (Wildman–Crippen LogP) is 6.27. The van der Waals surface area contributed by atoms with Crippen molar-refractivity contribution in [3.05, 3.63) is 125 Å². The molecule has 13 nitrogen and oxygen atoms in total. The highest BCUT2D eigenvalue weighted by molar-refractivity contribution is 5.93. The summed E-state index contributed by atoms with van der Waals surface area (Å²) in [6, 6.07) is 14.6. The van der Waals surface area contributed by atoms with Crippen LogP contribution in [-0.4, -0.2) is 155 Å². The van der Waals surface area contributed by atoms with Gasteiger partial charge in [0.25, 0.3) is 11.8 Å². The fraction of sp³-hybridized carbons (Fsp3) is 0.537. The fourth-order valence-electron chi connectivity index (χ4n) is 10.3. The number of aromatic nitrogens is 2. The molecule has 0 atom stereocenters. The number of nitrogens with zero attached hydrogens (tertiary/aromatic N) is 8. The quantitative estimate of drug-likeness (QED) is 0.228. The molecule has 358 valence electrons. The van der Waals surface area contributed by atoms with Crippen LogP contribution < -0.4 is 10.6 Å². The molecule has 1 saturated carbocycles. The van der Waals surface area contributed by atoms with Crippen molar-refractivity contribution in [2.45, 2.75) is 90.8 Å². The van der Waals surface area contributed by atoms with E-state index in [2.05, 4.69) is 103 Å². The number of amides is 3. The number of benzene rings is 1. The van der Waals surface area contributed by atoms with Crippen LogP contribution in [0.2, 0.25) is 0 Å². The van der Waals surface area contributed by atoms with Gasteiger partial charge in [0.2, 0.25) is 5.91 Å². The van der Waals surface area contributed by atoms with Gasteiger partial charge >= 0.3 is 0 Å². The van der Waals surface area contributed by atoms with Crippen LogP contribution in [0.4, 0.5) is 0 Å². The molecule has 67 heavy (non-hydrogen) atoms. The SMILES string of the molecule is C=C(c1ccc(C(=O)NC2CCN(Cc3ccc(C)c(C)c3)CC2)nc1)N1CCN(C(=O)C2CCCCC2)CC1.O=C(c1ccc(CN2CCN(C3=CCCC=C3)CC2)cn1)N1CCNCC1.